The van der Waals surface area contributed by atoms with E-state index in [1.807, 2.05) is 60.9 Å². The van der Waals surface area contributed by atoms with Crippen LogP contribution in [0.4, 0.5) is 0 Å². The highest BCUT2D eigenvalue weighted by atomic mass is 16.5. The van der Waals surface area contributed by atoms with Crippen molar-refractivity contribution in [2.75, 3.05) is 0 Å². The molecule has 0 bridgehead atoms. The molecule has 0 N–H and O–H groups in total. The number of pyridine rings is 3. The fourth-order valence-electron chi connectivity index (χ4n) is 4.33. The van der Waals surface area contributed by atoms with Crippen molar-refractivity contribution in [1.29, 1.82) is 0 Å². The van der Waals surface area contributed by atoms with Crippen molar-refractivity contribution in [3.63, 3.8) is 0 Å². The minimum atomic E-state index is 0.368. The second-order valence-corrected chi connectivity index (χ2v) is 8.43. The smallest absolute Gasteiger partial charge is 0.219 e. The molecule has 4 aromatic heterocycles. The van der Waals surface area contributed by atoms with Gasteiger partial charge in [0.1, 0.15) is 22.9 Å². The first-order chi connectivity index (χ1) is 16.7. The predicted octanol–water partition coefficient (Wildman–Crippen LogP) is 7.14. The highest BCUT2D eigenvalue weighted by molar-refractivity contribution is 6.11. The van der Waals surface area contributed by atoms with Crippen LogP contribution in [-0.4, -0.2) is 19.4 Å². The van der Waals surface area contributed by atoms with Crippen LogP contribution in [0.2, 0.25) is 0 Å². The fourth-order valence-corrected chi connectivity index (χ4v) is 4.33. The van der Waals surface area contributed by atoms with Gasteiger partial charge in [0.15, 0.2) is 0 Å². The summed E-state index contributed by atoms with van der Waals surface area (Å²) in [6, 6.07) is 21.4. The third kappa shape index (κ3) is 3.49. The molecule has 0 aliphatic rings. The van der Waals surface area contributed by atoms with Crippen LogP contribution in [0.5, 0.6) is 23.1 Å². The van der Waals surface area contributed by atoms with Crippen LogP contribution in [0, 0.1) is 0 Å². The van der Waals surface area contributed by atoms with Gasteiger partial charge in [0.05, 0.1) is 17.2 Å². The summed E-state index contributed by atoms with van der Waals surface area (Å²) in [4.78, 5) is 13.7. The average molecular weight is 447 g/mol. The molecule has 34 heavy (non-hydrogen) atoms. The van der Waals surface area contributed by atoms with E-state index >= 15 is 0 Å². The van der Waals surface area contributed by atoms with Crippen molar-refractivity contribution in [2.45, 2.75) is 19.8 Å². The number of hydrogen-bond acceptors (Lipinski definition) is 5. The summed E-state index contributed by atoms with van der Waals surface area (Å²) >= 11 is 0. The van der Waals surface area contributed by atoms with Crippen LogP contribution >= 0.6 is 0 Å². The third-order valence-corrected chi connectivity index (χ3v) is 5.84. The largest absolute Gasteiger partial charge is 0.456 e. The topological polar surface area (TPSA) is 61.5 Å². The van der Waals surface area contributed by atoms with Gasteiger partial charge in [0.2, 0.25) is 5.88 Å². The molecule has 0 unspecified atom stereocenters. The molecular weight excluding hydrogens is 424 g/mol. The highest BCUT2D eigenvalue weighted by Crippen LogP contribution is 2.35. The van der Waals surface area contributed by atoms with Crippen molar-refractivity contribution in [2.24, 2.45) is 0 Å². The normalized spacial score (nSPS) is 11.5. The van der Waals surface area contributed by atoms with Crippen LogP contribution in [-0.2, 0) is 0 Å². The van der Waals surface area contributed by atoms with E-state index in [9.17, 15) is 0 Å². The minimum absolute atomic E-state index is 0.368. The van der Waals surface area contributed by atoms with E-state index in [2.05, 4.69) is 46.4 Å². The van der Waals surface area contributed by atoms with Gasteiger partial charge in [-0.05, 0) is 41.8 Å². The number of rotatable bonds is 5. The Morgan fingerprint density at radius 3 is 2.44 bits per heavy atom. The van der Waals surface area contributed by atoms with Crippen molar-refractivity contribution >= 4 is 27.5 Å². The van der Waals surface area contributed by atoms with Gasteiger partial charge in [-0.1, -0.05) is 38.1 Å². The Morgan fingerprint density at radius 1 is 0.765 bits per heavy atom. The molecule has 0 aliphatic heterocycles. The van der Waals surface area contributed by atoms with Crippen LogP contribution in [0.25, 0.3) is 27.5 Å². The average Bonchev–Trinajstić information content (AvgIpc) is 3.35. The number of imidazole rings is 1. The molecule has 2 aromatic carbocycles. The van der Waals surface area contributed by atoms with Gasteiger partial charge in [-0.2, -0.15) is 0 Å². The molecule has 6 rings (SSSR count). The van der Waals surface area contributed by atoms with Gasteiger partial charge in [0, 0.05) is 41.5 Å². The number of aromatic nitrogens is 4. The summed E-state index contributed by atoms with van der Waals surface area (Å²) in [5, 5.41) is 2.10. The molecule has 0 saturated heterocycles. The number of fused-ring (bicyclic) bond motifs is 6. The van der Waals surface area contributed by atoms with E-state index in [0.717, 1.165) is 27.5 Å². The van der Waals surface area contributed by atoms with E-state index in [-0.39, 0.29) is 0 Å². The molecule has 0 fully saturated rings. The number of hydrogen-bond donors (Lipinski definition) is 0. The van der Waals surface area contributed by atoms with Crippen LogP contribution < -0.4 is 9.47 Å². The molecule has 0 amide bonds. The summed E-state index contributed by atoms with van der Waals surface area (Å²) in [5.74, 6) is 2.83. The minimum Gasteiger partial charge on any atom is -0.456 e. The van der Waals surface area contributed by atoms with Crippen molar-refractivity contribution in [3.05, 3.63) is 97.1 Å². The quantitative estimate of drug-likeness (QED) is 0.263. The van der Waals surface area contributed by atoms with Gasteiger partial charge in [0.25, 0.3) is 0 Å². The predicted molar refractivity (Wildman–Crippen MR) is 133 cm³/mol. The van der Waals surface area contributed by atoms with Crippen molar-refractivity contribution < 1.29 is 9.47 Å². The first-order valence-electron chi connectivity index (χ1n) is 11.2. The molecule has 6 heteroatoms. The maximum Gasteiger partial charge on any atom is 0.219 e. The first-order valence-corrected chi connectivity index (χ1v) is 11.2. The Morgan fingerprint density at radius 2 is 1.62 bits per heavy atom. The molecule has 0 spiro atoms. The van der Waals surface area contributed by atoms with Gasteiger partial charge >= 0.3 is 0 Å². The second kappa shape index (κ2) is 8.15. The number of nitrogens with zero attached hydrogens (tertiary/aromatic N) is 4. The van der Waals surface area contributed by atoms with E-state index in [0.29, 0.717) is 29.0 Å². The Balaban J connectivity index is 1.43. The molecule has 6 aromatic rings. The highest BCUT2D eigenvalue weighted by Gasteiger charge is 2.16. The Labute approximate surface area is 196 Å². The van der Waals surface area contributed by atoms with E-state index in [1.54, 1.807) is 12.4 Å². The summed E-state index contributed by atoms with van der Waals surface area (Å²) < 4.78 is 14.1. The number of benzene rings is 2. The van der Waals surface area contributed by atoms with E-state index < -0.39 is 0 Å². The molecule has 0 saturated carbocycles. The third-order valence-electron chi connectivity index (χ3n) is 5.84. The lowest BCUT2D eigenvalue weighted by molar-refractivity contribution is 0.449. The van der Waals surface area contributed by atoms with Gasteiger partial charge in [-0.15, -0.1) is 0 Å². The summed E-state index contributed by atoms with van der Waals surface area (Å²) in [6.45, 7) is 4.41. The zero-order chi connectivity index (χ0) is 23.1. The zero-order valence-corrected chi connectivity index (χ0v) is 18.8. The van der Waals surface area contributed by atoms with Gasteiger partial charge in [-0.25, -0.2) is 9.97 Å². The summed E-state index contributed by atoms with van der Waals surface area (Å²) in [7, 11) is 0. The fraction of sp³-hybridized carbons (Fsp3) is 0.107. The maximum absolute atomic E-state index is 6.18. The molecule has 166 valence electrons. The van der Waals surface area contributed by atoms with Crippen LogP contribution in [0.15, 0.2) is 91.5 Å². The van der Waals surface area contributed by atoms with Crippen molar-refractivity contribution in [3.8, 4) is 23.1 Å². The molecule has 4 heterocycles. The summed E-state index contributed by atoms with van der Waals surface area (Å²) in [6.07, 6.45) is 7.28. The molecule has 0 aliphatic carbocycles. The van der Waals surface area contributed by atoms with Crippen LogP contribution in [0.1, 0.15) is 25.3 Å². The lowest BCUT2D eigenvalue weighted by Crippen LogP contribution is -1.98. The van der Waals surface area contributed by atoms with Crippen LogP contribution in [0.3, 0.4) is 0 Å². The van der Waals surface area contributed by atoms with E-state index in [1.165, 1.54) is 5.56 Å². The first kappa shape index (κ1) is 20.2. The Bertz CT molecular complexity index is 1640. The lowest BCUT2D eigenvalue weighted by atomic mass is 9.96. The molecular formula is C28H22N4O2. The Kier molecular flexibility index (Phi) is 4.84. The zero-order valence-electron chi connectivity index (χ0n) is 18.8. The maximum atomic E-state index is 6.18. The Hall–Kier alpha value is -4.45. The molecule has 0 radical (unpaired) electrons. The van der Waals surface area contributed by atoms with Crippen molar-refractivity contribution in [1.82, 2.24) is 19.4 Å². The summed E-state index contributed by atoms with van der Waals surface area (Å²) in [5.41, 5.74) is 4.15. The molecule has 0 atom stereocenters. The number of ether oxygens (including phenoxy) is 2. The lowest BCUT2D eigenvalue weighted by Gasteiger charge is -2.15. The second-order valence-electron chi connectivity index (χ2n) is 8.43. The molecule has 6 nitrogen and oxygen atoms in total. The standard InChI is InChI=1S/C28H22N4O2/c1-18(2)22-9-6-10-24-26(22)27-23(28-30-13-14-32(24)28)16-21(17-31-27)33-19-7-5-8-20(15-19)34-25-11-3-4-12-29-25/h3-18H,1-2H3. The SMILES string of the molecule is CC(C)c1cccc2c1c1ncc(Oc3cccc(Oc4ccccn4)c3)cc1c1nccn21. The van der Waals surface area contributed by atoms with E-state index in [4.69, 9.17) is 14.5 Å². The van der Waals surface area contributed by atoms with Gasteiger partial charge in [-0.3, -0.25) is 9.38 Å². The van der Waals surface area contributed by atoms with Gasteiger partial charge < -0.3 is 9.47 Å². The monoisotopic (exact) mass is 446 g/mol.